The molecular weight excluding hydrogens is 328 g/mol. The number of nitrogens with zero attached hydrogens (tertiary/aromatic N) is 2. The van der Waals surface area contributed by atoms with Gasteiger partial charge in [-0.25, -0.2) is 0 Å². The van der Waals surface area contributed by atoms with E-state index in [1.165, 1.54) is 0 Å². The summed E-state index contributed by atoms with van der Waals surface area (Å²) >= 11 is 9.33. The Kier molecular flexibility index (Phi) is 4.87. The molecule has 1 aromatic carbocycles. The third kappa shape index (κ3) is 3.30. The van der Waals surface area contributed by atoms with Crippen LogP contribution < -0.4 is 0 Å². The first-order valence-corrected chi connectivity index (χ1v) is 7.64. The highest BCUT2D eigenvalue weighted by atomic mass is 79.9. The summed E-state index contributed by atoms with van der Waals surface area (Å²) in [5.41, 5.74) is 0.684. The van der Waals surface area contributed by atoms with Crippen molar-refractivity contribution in [3.8, 4) is 0 Å². The van der Waals surface area contributed by atoms with Crippen molar-refractivity contribution < 1.29 is 4.79 Å². The van der Waals surface area contributed by atoms with E-state index in [1.54, 1.807) is 18.2 Å². The molecular formula is C14H18BrClN2O. The molecule has 1 saturated heterocycles. The lowest BCUT2D eigenvalue weighted by atomic mass is 10.1. The Labute approximate surface area is 127 Å². The number of piperazine rings is 1. The van der Waals surface area contributed by atoms with Gasteiger partial charge in [0.15, 0.2) is 0 Å². The molecule has 0 N–H and O–H groups in total. The lowest BCUT2D eigenvalue weighted by Gasteiger charge is -2.39. The molecule has 1 unspecified atom stereocenters. The minimum Gasteiger partial charge on any atom is -0.336 e. The van der Waals surface area contributed by atoms with Crippen molar-refractivity contribution in [3.05, 3.63) is 33.3 Å². The smallest absolute Gasteiger partial charge is 0.255 e. The van der Waals surface area contributed by atoms with Crippen molar-refractivity contribution in [2.45, 2.75) is 19.4 Å². The fraction of sp³-hybridized carbons (Fsp3) is 0.500. The van der Waals surface area contributed by atoms with Crippen molar-refractivity contribution in [2.75, 3.05) is 26.7 Å². The Morgan fingerprint density at radius 2 is 2.21 bits per heavy atom. The number of rotatable bonds is 2. The highest BCUT2D eigenvalue weighted by Gasteiger charge is 2.27. The van der Waals surface area contributed by atoms with Gasteiger partial charge in [-0.2, -0.15) is 0 Å². The standard InChI is InChI=1S/C14H18BrClN2O/c1-3-11-9-18(7-6-17(11)2)14(19)12-5-4-10(16)8-13(12)15/h4-5,8,11H,3,6-7,9H2,1-2H3. The first-order chi connectivity index (χ1) is 9.02. The van der Waals surface area contributed by atoms with Crippen molar-refractivity contribution in [1.82, 2.24) is 9.80 Å². The maximum atomic E-state index is 12.5. The van der Waals surface area contributed by atoms with Crippen LogP contribution in [0.3, 0.4) is 0 Å². The van der Waals surface area contributed by atoms with Crippen LogP contribution in [0.4, 0.5) is 0 Å². The maximum Gasteiger partial charge on any atom is 0.255 e. The molecule has 5 heteroatoms. The molecule has 19 heavy (non-hydrogen) atoms. The molecule has 104 valence electrons. The van der Waals surface area contributed by atoms with Crippen molar-refractivity contribution in [1.29, 1.82) is 0 Å². The van der Waals surface area contributed by atoms with Gasteiger partial charge in [0.25, 0.3) is 5.91 Å². The molecule has 0 spiro atoms. The minimum absolute atomic E-state index is 0.0788. The summed E-state index contributed by atoms with van der Waals surface area (Å²) in [7, 11) is 2.12. The number of amides is 1. The van der Waals surface area contributed by atoms with Crippen LogP contribution in [0.25, 0.3) is 0 Å². The monoisotopic (exact) mass is 344 g/mol. The Morgan fingerprint density at radius 1 is 1.47 bits per heavy atom. The van der Waals surface area contributed by atoms with E-state index in [-0.39, 0.29) is 5.91 Å². The van der Waals surface area contributed by atoms with Gasteiger partial charge in [-0.05, 0) is 47.6 Å². The zero-order valence-electron chi connectivity index (χ0n) is 11.2. The quantitative estimate of drug-likeness (QED) is 0.821. The van der Waals surface area contributed by atoms with E-state index >= 15 is 0 Å². The van der Waals surface area contributed by atoms with Crippen LogP contribution in [-0.4, -0.2) is 48.4 Å². The Balaban J connectivity index is 2.15. The second-order valence-electron chi connectivity index (χ2n) is 4.92. The van der Waals surface area contributed by atoms with Crippen LogP contribution in [0.15, 0.2) is 22.7 Å². The number of hydrogen-bond donors (Lipinski definition) is 0. The van der Waals surface area contributed by atoms with Crippen LogP contribution in [0.5, 0.6) is 0 Å². The first-order valence-electron chi connectivity index (χ1n) is 6.47. The first kappa shape index (κ1) is 14.8. The number of carbonyl (C=O) groups excluding carboxylic acids is 1. The van der Waals surface area contributed by atoms with Crippen LogP contribution in [0.2, 0.25) is 5.02 Å². The Bertz CT molecular complexity index is 481. The Hall–Kier alpha value is -0.580. The summed E-state index contributed by atoms with van der Waals surface area (Å²) in [6.07, 6.45) is 1.06. The summed E-state index contributed by atoms with van der Waals surface area (Å²) in [5, 5.41) is 0.633. The van der Waals surface area contributed by atoms with Gasteiger partial charge in [0.2, 0.25) is 0 Å². The second-order valence-corrected chi connectivity index (χ2v) is 6.21. The van der Waals surface area contributed by atoms with E-state index in [4.69, 9.17) is 11.6 Å². The summed E-state index contributed by atoms with van der Waals surface area (Å²) < 4.78 is 0.761. The van der Waals surface area contributed by atoms with E-state index in [0.717, 1.165) is 30.5 Å². The van der Waals surface area contributed by atoms with Gasteiger partial charge >= 0.3 is 0 Å². The van der Waals surface area contributed by atoms with Gasteiger partial charge in [0.1, 0.15) is 0 Å². The van der Waals surface area contributed by atoms with E-state index in [9.17, 15) is 4.79 Å². The van der Waals surface area contributed by atoms with Gasteiger partial charge in [0.05, 0.1) is 5.56 Å². The lowest BCUT2D eigenvalue weighted by Crippen LogP contribution is -2.53. The zero-order chi connectivity index (χ0) is 14.0. The minimum atomic E-state index is 0.0788. The lowest BCUT2D eigenvalue weighted by molar-refractivity contribution is 0.0541. The average Bonchev–Trinajstić information content (AvgIpc) is 2.38. The molecule has 1 aromatic rings. The van der Waals surface area contributed by atoms with Crippen molar-refractivity contribution >= 4 is 33.4 Å². The van der Waals surface area contributed by atoms with Gasteiger partial charge < -0.3 is 4.90 Å². The van der Waals surface area contributed by atoms with Crippen LogP contribution in [0, 0.1) is 0 Å². The van der Waals surface area contributed by atoms with Crippen LogP contribution >= 0.6 is 27.5 Å². The fourth-order valence-corrected chi connectivity index (χ4v) is 3.26. The highest BCUT2D eigenvalue weighted by molar-refractivity contribution is 9.10. The van der Waals surface area contributed by atoms with Crippen molar-refractivity contribution in [2.24, 2.45) is 0 Å². The molecule has 1 fully saturated rings. The molecule has 2 rings (SSSR count). The van der Waals surface area contributed by atoms with Gasteiger partial charge in [-0.15, -0.1) is 0 Å². The predicted molar refractivity (Wildman–Crippen MR) is 81.8 cm³/mol. The molecule has 1 aliphatic rings. The maximum absolute atomic E-state index is 12.5. The number of benzene rings is 1. The largest absolute Gasteiger partial charge is 0.336 e. The molecule has 3 nitrogen and oxygen atoms in total. The predicted octanol–water partition coefficient (Wildman–Crippen LogP) is 3.27. The fourth-order valence-electron chi connectivity index (χ4n) is 2.40. The SMILES string of the molecule is CCC1CN(C(=O)c2ccc(Cl)cc2Br)CCN1C. The van der Waals surface area contributed by atoms with Gasteiger partial charge in [-0.1, -0.05) is 18.5 Å². The van der Waals surface area contributed by atoms with E-state index < -0.39 is 0 Å². The van der Waals surface area contributed by atoms with Crippen LogP contribution in [-0.2, 0) is 0 Å². The molecule has 0 aliphatic carbocycles. The molecule has 1 aliphatic heterocycles. The third-order valence-electron chi connectivity index (χ3n) is 3.70. The molecule has 0 radical (unpaired) electrons. The van der Waals surface area contributed by atoms with E-state index in [2.05, 4.69) is 34.8 Å². The Morgan fingerprint density at radius 3 is 2.84 bits per heavy atom. The number of hydrogen-bond acceptors (Lipinski definition) is 2. The topological polar surface area (TPSA) is 23.6 Å². The molecule has 0 saturated carbocycles. The molecule has 0 aromatic heterocycles. The number of carbonyl (C=O) groups is 1. The molecule has 0 bridgehead atoms. The number of halogens is 2. The van der Waals surface area contributed by atoms with Gasteiger partial charge in [0, 0.05) is 35.2 Å². The summed E-state index contributed by atoms with van der Waals surface area (Å²) in [5.74, 6) is 0.0788. The van der Waals surface area contributed by atoms with E-state index in [1.807, 2.05) is 4.90 Å². The molecule has 1 heterocycles. The average molecular weight is 346 g/mol. The molecule has 1 atom stereocenters. The molecule has 1 amide bonds. The third-order valence-corrected chi connectivity index (χ3v) is 4.59. The highest BCUT2D eigenvalue weighted by Crippen LogP contribution is 2.24. The summed E-state index contributed by atoms with van der Waals surface area (Å²) in [4.78, 5) is 16.8. The van der Waals surface area contributed by atoms with E-state index in [0.29, 0.717) is 16.6 Å². The summed E-state index contributed by atoms with van der Waals surface area (Å²) in [6.45, 7) is 4.66. The van der Waals surface area contributed by atoms with Crippen molar-refractivity contribution in [3.63, 3.8) is 0 Å². The second kappa shape index (κ2) is 6.25. The zero-order valence-corrected chi connectivity index (χ0v) is 13.5. The number of likely N-dealkylation sites (N-methyl/N-ethyl adjacent to an activating group) is 1. The normalized spacial score (nSPS) is 20.6. The van der Waals surface area contributed by atoms with Crippen LogP contribution in [0.1, 0.15) is 23.7 Å². The summed E-state index contributed by atoms with van der Waals surface area (Å²) in [6, 6.07) is 5.76. The van der Waals surface area contributed by atoms with Gasteiger partial charge in [-0.3, -0.25) is 9.69 Å².